The van der Waals surface area contributed by atoms with Crippen molar-refractivity contribution in [2.75, 3.05) is 5.32 Å². The van der Waals surface area contributed by atoms with Crippen molar-refractivity contribution in [2.45, 2.75) is 25.1 Å². The predicted molar refractivity (Wildman–Crippen MR) is 77.6 cm³/mol. The number of nitrogens with one attached hydrogen (secondary N) is 1. The van der Waals surface area contributed by atoms with E-state index < -0.39 is 29.9 Å². The smallest absolute Gasteiger partial charge is 0.374 e. The SMILES string of the molecule is Cc1ccc(NC(=O)C[C@@](O)(c2nccn2C)C(F)(F)F)cc1. The molecule has 2 N–H and O–H groups in total. The van der Waals surface area contributed by atoms with E-state index in [1.54, 1.807) is 24.3 Å². The molecular weight excluding hydrogens is 311 g/mol. The van der Waals surface area contributed by atoms with Crippen LogP contribution in [0.25, 0.3) is 0 Å². The Balaban J connectivity index is 2.23. The Hall–Kier alpha value is -2.35. The fourth-order valence-corrected chi connectivity index (χ4v) is 2.14. The lowest BCUT2D eigenvalue weighted by Crippen LogP contribution is -2.46. The fourth-order valence-electron chi connectivity index (χ4n) is 2.14. The van der Waals surface area contributed by atoms with E-state index in [0.29, 0.717) is 5.69 Å². The Labute approximate surface area is 130 Å². The first-order valence-corrected chi connectivity index (χ1v) is 6.77. The van der Waals surface area contributed by atoms with Gasteiger partial charge in [-0.2, -0.15) is 13.2 Å². The van der Waals surface area contributed by atoms with Crippen LogP contribution in [0.5, 0.6) is 0 Å². The van der Waals surface area contributed by atoms with E-state index in [1.165, 1.54) is 13.2 Å². The van der Waals surface area contributed by atoms with Crippen LogP contribution in [0.1, 0.15) is 17.8 Å². The van der Waals surface area contributed by atoms with Gasteiger partial charge in [-0.25, -0.2) is 4.98 Å². The van der Waals surface area contributed by atoms with E-state index >= 15 is 0 Å². The highest BCUT2D eigenvalue weighted by Crippen LogP contribution is 2.40. The zero-order valence-corrected chi connectivity index (χ0v) is 12.6. The van der Waals surface area contributed by atoms with Gasteiger partial charge >= 0.3 is 6.18 Å². The van der Waals surface area contributed by atoms with Gasteiger partial charge in [0.2, 0.25) is 11.5 Å². The van der Waals surface area contributed by atoms with Crippen LogP contribution in [0.15, 0.2) is 36.7 Å². The number of imidazole rings is 1. The number of aryl methyl sites for hydroxylation is 2. The molecule has 0 aliphatic heterocycles. The maximum absolute atomic E-state index is 13.3. The van der Waals surface area contributed by atoms with E-state index in [4.69, 9.17) is 0 Å². The Bertz CT molecular complexity index is 695. The molecule has 8 heteroatoms. The molecule has 1 amide bonds. The Morgan fingerprint density at radius 1 is 1.30 bits per heavy atom. The van der Waals surface area contributed by atoms with Crippen molar-refractivity contribution >= 4 is 11.6 Å². The monoisotopic (exact) mass is 327 g/mol. The maximum Gasteiger partial charge on any atom is 0.425 e. The Kier molecular flexibility index (Phi) is 4.46. The first-order chi connectivity index (χ1) is 10.6. The summed E-state index contributed by atoms with van der Waals surface area (Å²) in [6.45, 7) is 1.84. The van der Waals surface area contributed by atoms with E-state index in [9.17, 15) is 23.1 Å². The van der Waals surface area contributed by atoms with Gasteiger partial charge in [0.25, 0.3) is 0 Å². The van der Waals surface area contributed by atoms with E-state index in [2.05, 4.69) is 10.3 Å². The number of hydrogen-bond donors (Lipinski definition) is 2. The van der Waals surface area contributed by atoms with Crippen LogP contribution >= 0.6 is 0 Å². The van der Waals surface area contributed by atoms with Gasteiger partial charge in [-0.1, -0.05) is 17.7 Å². The molecule has 0 fully saturated rings. The normalized spacial score (nSPS) is 14.3. The second kappa shape index (κ2) is 6.04. The summed E-state index contributed by atoms with van der Waals surface area (Å²) in [5, 5.41) is 12.5. The number of hydrogen-bond acceptors (Lipinski definition) is 3. The Morgan fingerprint density at radius 3 is 2.39 bits per heavy atom. The second-order valence-electron chi connectivity index (χ2n) is 5.31. The van der Waals surface area contributed by atoms with Gasteiger partial charge in [-0.15, -0.1) is 0 Å². The van der Waals surface area contributed by atoms with Gasteiger partial charge in [-0.05, 0) is 19.1 Å². The summed E-state index contributed by atoms with van der Waals surface area (Å²) in [6.07, 6.45) is -3.83. The fraction of sp³-hybridized carbons (Fsp3) is 0.333. The van der Waals surface area contributed by atoms with Crippen molar-refractivity contribution in [2.24, 2.45) is 7.05 Å². The summed E-state index contributed by atoms with van der Waals surface area (Å²) in [5.41, 5.74) is -2.06. The number of carbonyl (C=O) groups excluding carboxylic acids is 1. The van der Waals surface area contributed by atoms with Crippen LogP contribution < -0.4 is 5.32 Å². The van der Waals surface area contributed by atoms with Crippen molar-refractivity contribution in [1.82, 2.24) is 9.55 Å². The lowest BCUT2D eigenvalue weighted by molar-refractivity contribution is -0.270. The molecule has 1 atom stereocenters. The summed E-state index contributed by atoms with van der Waals surface area (Å²) < 4.78 is 41.0. The summed E-state index contributed by atoms with van der Waals surface area (Å²) in [4.78, 5) is 15.5. The third-order valence-electron chi connectivity index (χ3n) is 3.41. The highest BCUT2D eigenvalue weighted by molar-refractivity contribution is 5.91. The highest BCUT2D eigenvalue weighted by Gasteiger charge is 2.58. The van der Waals surface area contributed by atoms with Crippen molar-refractivity contribution in [1.29, 1.82) is 0 Å². The van der Waals surface area contributed by atoms with Crippen LogP contribution in [-0.2, 0) is 17.4 Å². The molecule has 23 heavy (non-hydrogen) atoms. The number of alkyl halides is 3. The topological polar surface area (TPSA) is 67.2 Å². The zero-order chi connectivity index (χ0) is 17.3. The van der Waals surface area contributed by atoms with Crippen LogP contribution in [-0.4, -0.2) is 26.7 Å². The molecular formula is C15H16F3N3O2. The number of rotatable bonds is 4. The average Bonchev–Trinajstić information content (AvgIpc) is 2.86. The highest BCUT2D eigenvalue weighted by atomic mass is 19.4. The lowest BCUT2D eigenvalue weighted by atomic mass is 9.97. The number of nitrogens with zero attached hydrogens (tertiary/aromatic N) is 2. The number of aromatic nitrogens is 2. The standard InChI is InChI=1S/C15H16F3N3O2/c1-10-3-5-11(6-4-10)20-12(22)9-14(23,15(16,17)18)13-19-7-8-21(13)2/h3-8,23H,9H2,1-2H3,(H,20,22)/t14-/m1/s1. The molecule has 1 aromatic heterocycles. The minimum Gasteiger partial charge on any atom is -0.374 e. The van der Waals surface area contributed by atoms with Crippen LogP contribution in [0, 0.1) is 6.92 Å². The molecule has 0 unspecified atom stereocenters. The minimum absolute atomic E-state index is 0.352. The quantitative estimate of drug-likeness (QED) is 0.907. The third kappa shape index (κ3) is 3.53. The molecule has 0 radical (unpaired) electrons. The van der Waals surface area contributed by atoms with Gasteiger partial charge in [0, 0.05) is 25.1 Å². The molecule has 2 rings (SSSR count). The zero-order valence-electron chi connectivity index (χ0n) is 12.6. The first-order valence-electron chi connectivity index (χ1n) is 6.77. The molecule has 2 aromatic rings. The molecule has 124 valence electrons. The molecule has 1 heterocycles. The van der Waals surface area contributed by atoms with Gasteiger partial charge in [-0.3, -0.25) is 4.79 Å². The minimum atomic E-state index is -5.04. The van der Waals surface area contributed by atoms with Gasteiger partial charge in [0.05, 0.1) is 6.42 Å². The summed E-state index contributed by atoms with van der Waals surface area (Å²) in [5.74, 6) is -1.60. The van der Waals surface area contributed by atoms with Gasteiger partial charge < -0.3 is 15.0 Å². The number of anilines is 1. The average molecular weight is 327 g/mol. The molecule has 0 bridgehead atoms. The largest absolute Gasteiger partial charge is 0.425 e. The van der Waals surface area contributed by atoms with Crippen molar-refractivity contribution in [3.05, 3.63) is 48.0 Å². The lowest BCUT2D eigenvalue weighted by Gasteiger charge is -2.29. The summed E-state index contributed by atoms with van der Waals surface area (Å²) >= 11 is 0. The summed E-state index contributed by atoms with van der Waals surface area (Å²) in [7, 11) is 1.32. The molecule has 5 nitrogen and oxygen atoms in total. The van der Waals surface area contributed by atoms with Crippen molar-refractivity contribution in [3.8, 4) is 0 Å². The van der Waals surface area contributed by atoms with Crippen molar-refractivity contribution < 1.29 is 23.1 Å². The maximum atomic E-state index is 13.3. The van der Waals surface area contributed by atoms with E-state index in [-0.39, 0.29) is 0 Å². The molecule has 0 saturated carbocycles. The number of carbonyl (C=O) groups is 1. The molecule has 0 spiro atoms. The molecule has 0 aliphatic rings. The second-order valence-corrected chi connectivity index (χ2v) is 5.31. The van der Waals surface area contributed by atoms with E-state index in [0.717, 1.165) is 16.3 Å². The van der Waals surface area contributed by atoms with Crippen LogP contribution in [0.4, 0.5) is 18.9 Å². The van der Waals surface area contributed by atoms with E-state index in [1.807, 2.05) is 6.92 Å². The van der Waals surface area contributed by atoms with Gasteiger partial charge in [0.1, 0.15) is 0 Å². The number of aliphatic hydroxyl groups is 1. The third-order valence-corrected chi connectivity index (χ3v) is 3.41. The summed E-state index contributed by atoms with van der Waals surface area (Å²) in [6, 6.07) is 6.57. The van der Waals surface area contributed by atoms with Crippen LogP contribution in [0.2, 0.25) is 0 Å². The van der Waals surface area contributed by atoms with Crippen molar-refractivity contribution in [3.63, 3.8) is 0 Å². The Morgan fingerprint density at radius 2 is 1.91 bits per heavy atom. The molecule has 0 saturated heterocycles. The number of halogens is 3. The van der Waals surface area contributed by atoms with Gasteiger partial charge in [0.15, 0.2) is 5.82 Å². The first kappa shape index (κ1) is 17.0. The number of benzene rings is 1. The predicted octanol–water partition coefficient (Wildman–Crippen LogP) is 2.51. The number of amides is 1. The van der Waals surface area contributed by atoms with Crippen LogP contribution in [0.3, 0.4) is 0 Å². The molecule has 0 aliphatic carbocycles. The molecule has 1 aromatic carbocycles.